The summed E-state index contributed by atoms with van der Waals surface area (Å²) in [5, 5.41) is 3.52. The lowest BCUT2D eigenvalue weighted by molar-refractivity contribution is -0.143. The fraction of sp³-hybridized carbons (Fsp3) is 0.273. The zero-order valence-corrected chi connectivity index (χ0v) is 19.7. The molecule has 5 N–H and O–H groups in total. The van der Waals surface area contributed by atoms with Crippen molar-refractivity contribution in [3.63, 3.8) is 0 Å². The Morgan fingerprint density at radius 1 is 0.892 bits per heavy atom. The smallest absolute Gasteiger partial charge is 0.382 e. The summed E-state index contributed by atoms with van der Waals surface area (Å²) < 4.78 is 105. The standard InChI is InChI=1S/C22H21F6N5O3S/c23-21(24,25)15-9-14(10-16(11-15)22(26,27)28)19(29)32-31-12-18(20(30)34)13-3-5-17(6-4-13)37(35,36)33-7-1-2-8-33/h3-6,9-12,31H,1-2,7-8H2,(H2,29,32)(H2,30,34)/b18-12+. The average Bonchev–Trinajstić information content (AvgIpc) is 3.36. The maximum atomic E-state index is 13.1. The van der Waals surface area contributed by atoms with Gasteiger partial charge in [0.2, 0.25) is 10.0 Å². The Bertz CT molecular complexity index is 1300. The summed E-state index contributed by atoms with van der Waals surface area (Å²) in [6.07, 6.45) is -7.72. The lowest BCUT2D eigenvalue weighted by atomic mass is 10.0. The number of rotatable bonds is 7. The molecule has 1 amide bonds. The molecule has 1 aliphatic rings. The van der Waals surface area contributed by atoms with Crippen molar-refractivity contribution < 1.29 is 39.6 Å². The molecule has 0 atom stereocenters. The van der Waals surface area contributed by atoms with E-state index in [9.17, 15) is 39.6 Å². The van der Waals surface area contributed by atoms with E-state index in [1.54, 1.807) is 0 Å². The van der Waals surface area contributed by atoms with Crippen LogP contribution >= 0.6 is 0 Å². The molecular weight excluding hydrogens is 528 g/mol. The van der Waals surface area contributed by atoms with E-state index in [4.69, 9.17) is 11.5 Å². The molecule has 0 bridgehead atoms. The number of benzene rings is 2. The Kier molecular flexibility index (Phi) is 7.88. The number of alkyl halides is 6. The van der Waals surface area contributed by atoms with Crippen molar-refractivity contribution in [3.8, 4) is 0 Å². The molecule has 0 spiro atoms. The molecule has 1 heterocycles. The second-order valence-electron chi connectivity index (χ2n) is 7.98. The van der Waals surface area contributed by atoms with Crippen LogP contribution < -0.4 is 16.9 Å². The third kappa shape index (κ3) is 6.60. The summed E-state index contributed by atoms with van der Waals surface area (Å²) in [6.45, 7) is 0.798. The van der Waals surface area contributed by atoms with Crippen LogP contribution in [0.15, 0.2) is 58.7 Å². The van der Waals surface area contributed by atoms with Crippen molar-refractivity contribution in [2.24, 2.45) is 16.6 Å². The van der Waals surface area contributed by atoms with E-state index < -0.39 is 50.8 Å². The first-order valence-electron chi connectivity index (χ1n) is 10.6. The highest BCUT2D eigenvalue weighted by atomic mass is 32.2. The van der Waals surface area contributed by atoms with Gasteiger partial charge in [-0.25, -0.2) is 8.42 Å². The molecule has 1 aliphatic heterocycles. The van der Waals surface area contributed by atoms with Gasteiger partial charge in [0.25, 0.3) is 5.91 Å². The molecule has 200 valence electrons. The molecular formula is C22H21F6N5O3S. The Hall–Kier alpha value is -3.59. The molecule has 0 radical (unpaired) electrons. The number of amidine groups is 1. The van der Waals surface area contributed by atoms with E-state index in [1.807, 2.05) is 0 Å². The van der Waals surface area contributed by atoms with Gasteiger partial charge in [0.05, 0.1) is 21.6 Å². The molecule has 1 saturated heterocycles. The second-order valence-corrected chi connectivity index (χ2v) is 9.92. The number of carbonyl (C=O) groups excluding carboxylic acids is 1. The molecule has 2 aromatic rings. The van der Waals surface area contributed by atoms with E-state index in [0.29, 0.717) is 25.2 Å². The number of nitrogens with zero attached hydrogens (tertiary/aromatic N) is 2. The molecule has 0 unspecified atom stereocenters. The number of hydrazone groups is 1. The fourth-order valence-electron chi connectivity index (χ4n) is 3.51. The minimum absolute atomic E-state index is 0.00205. The topological polar surface area (TPSA) is 131 Å². The molecule has 1 fully saturated rings. The summed E-state index contributed by atoms with van der Waals surface area (Å²) >= 11 is 0. The first-order chi connectivity index (χ1) is 17.1. The van der Waals surface area contributed by atoms with Crippen LogP contribution in [-0.4, -0.2) is 37.6 Å². The highest BCUT2D eigenvalue weighted by molar-refractivity contribution is 7.89. The highest BCUT2D eigenvalue weighted by Crippen LogP contribution is 2.36. The summed E-state index contributed by atoms with van der Waals surface area (Å²) in [7, 11) is -3.70. The summed E-state index contributed by atoms with van der Waals surface area (Å²) in [6, 6.07) is 5.93. The van der Waals surface area contributed by atoms with Crippen molar-refractivity contribution in [2.45, 2.75) is 30.1 Å². The van der Waals surface area contributed by atoms with E-state index in [1.165, 1.54) is 28.6 Å². The molecule has 0 aliphatic carbocycles. The lowest BCUT2D eigenvalue weighted by Crippen LogP contribution is -2.27. The van der Waals surface area contributed by atoms with Crippen molar-refractivity contribution in [1.29, 1.82) is 0 Å². The number of hydrogen-bond donors (Lipinski definition) is 3. The Labute approximate surface area is 207 Å². The predicted octanol–water partition coefficient (Wildman–Crippen LogP) is 3.25. The minimum Gasteiger partial charge on any atom is -0.382 e. The van der Waals surface area contributed by atoms with Crippen molar-refractivity contribution in [3.05, 3.63) is 70.9 Å². The molecule has 15 heteroatoms. The number of halogens is 6. The first kappa shape index (κ1) is 28.0. The van der Waals surface area contributed by atoms with Gasteiger partial charge in [0.1, 0.15) is 0 Å². The van der Waals surface area contributed by atoms with Crippen LogP contribution in [0.5, 0.6) is 0 Å². The second kappa shape index (κ2) is 10.4. The number of hydrogen-bond acceptors (Lipinski definition) is 5. The van der Waals surface area contributed by atoms with Crippen LogP contribution in [0.2, 0.25) is 0 Å². The average molecular weight is 549 g/mol. The van der Waals surface area contributed by atoms with Crippen molar-refractivity contribution in [2.75, 3.05) is 13.1 Å². The third-order valence-electron chi connectivity index (χ3n) is 5.41. The first-order valence-corrected chi connectivity index (χ1v) is 12.0. The Morgan fingerprint density at radius 3 is 1.86 bits per heavy atom. The van der Waals surface area contributed by atoms with E-state index in [0.717, 1.165) is 19.0 Å². The molecule has 0 saturated carbocycles. The summed E-state index contributed by atoms with van der Waals surface area (Å²) in [5.41, 5.74) is 9.26. The van der Waals surface area contributed by atoms with Gasteiger partial charge in [0.15, 0.2) is 5.84 Å². The SMILES string of the molecule is NC(=O)/C(=C/N/N=C(\N)c1cc(C(F)(F)F)cc(C(F)(F)F)c1)c1ccc(S(=O)(=O)N2CCCC2)cc1. The Morgan fingerprint density at radius 2 is 1.41 bits per heavy atom. The van der Waals surface area contributed by atoms with Gasteiger partial charge < -0.3 is 11.5 Å². The zero-order chi connectivity index (χ0) is 27.6. The lowest BCUT2D eigenvalue weighted by Gasteiger charge is -2.15. The van der Waals surface area contributed by atoms with Gasteiger partial charge in [0, 0.05) is 24.9 Å². The van der Waals surface area contributed by atoms with Gasteiger partial charge in [-0.2, -0.15) is 35.7 Å². The minimum atomic E-state index is -5.07. The van der Waals surface area contributed by atoms with E-state index in [-0.39, 0.29) is 22.1 Å². The number of nitrogens with one attached hydrogen (secondary N) is 1. The molecule has 0 aromatic heterocycles. The maximum Gasteiger partial charge on any atom is 0.416 e. The maximum absolute atomic E-state index is 13.1. The van der Waals surface area contributed by atoms with Crippen molar-refractivity contribution >= 4 is 27.3 Å². The predicted molar refractivity (Wildman–Crippen MR) is 122 cm³/mol. The number of primary amides is 1. The van der Waals surface area contributed by atoms with Gasteiger partial charge in [-0.1, -0.05) is 12.1 Å². The fourth-order valence-corrected chi connectivity index (χ4v) is 5.03. The van der Waals surface area contributed by atoms with Crippen molar-refractivity contribution in [1.82, 2.24) is 9.73 Å². The van der Waals surface area contributed by atoms with Gasteiger partial charge in [-0.3, -0.25) is 10.2 Å². The number of nitrogens with two attached hydrogens (primary N) is 2. The van der Waals surface area contributed by atoms with Crippen LogP contribution in [0, 0.1) is 0 Å². The largest absolute Gasteiger partial charge is 0.416 e. The molecule has 8 nitrogen and oxygen atoms in total. The van der Waals surface area contributed by atoms with E-state index >= 15 is 0 Å². The van der Waals surface area contributed by atoms with Crippen LogP contribution in [0.25, 0.3) is 5.57 Å². The number of sulfonamides is 1. The normalized spacial score (nSPS) is 16.2. The summed E-state index contributed by atoms with van der Waals surface area (Å²) in [4.78, 5) is 11.9. The van der Waals surface area contributed by atoms with Gasteiger partial charge in [-0.05, 0) is 48.7 Å². The van der Waals surface area contributed by atoms with Crippen LogP contribution in [0.4, 0.5) is 26.3 Å². The van der Waals surface area contributed by atoms with Gasteiger partial charge >= 0.3 is 12.4 Å². The summed E-state index contributed by atoms with van der Waals surface area (Å²) in [5.74, 6) is -1.71. The monoisotopic (exact) mass is 549 g/mol. The van der Waals surface area contributed by atoms with E-state index in [2.05, 4.69) is 10.5 Å². The number of amides is 1. The molecule has 37 heavy (non-hydrogen) atoms. The van der Waals surface area contributed by atoms with Crippen LogP contribution in [-0.2, 0) is 27.2 Å². The molecule has 2 aromatic carbocycles. The third-order valence-corrected chi connectivity index (χ3v) is 7.32. The zero-order valence-electron chi connectivity index (χ0n) is 18.9. The molecule has 3 rings (SSSR count). The number of carbonyl (C=O) groups is 1. The van der Waals surface area contributed by atoms with Gasteiger partial charge in [-0.15, -0.1) is 0 Å². The quantitative estimate of drug-likeness (QED) is 0.161. The Balaban J connectivity index is 1.87. The van der Waals surface area contributed by atoms with Crippen LogP contribution in [0.3, 0.4) is 0 Å². The highest BCUT2D eigenvalue weighted by Gasteiger charge is 2.37. The van der Waals surface area contributed by atoms with Crippen LogP contribution in [0.1, 0.15) is 35.1 Å².